The Morgan fingerprint density at radius 2 is 1.58 bits per heavy atom. The second-order valence-electron chi connectivity index (χ2n) is 14.0. The fraction of sp³-hybridized carbons (Fsp3) is 0.410. The lowest BCUT2D eigenvalue weighted by Gasteiger charge is -2.28. The number of nitrogens with two attached hydrogens (primary N) is 1. The van der Waals surface area contributed by atoms with Gasteiger partial charge in [0.1, 0.15) is 6.04 Å². The number of amides is 3. The van der Waals surface area contributed by atoms with Crippen LogP contribution in [0.5, 0.6) is 0 Å². The molecule has 1 atom stereocenters. The van der Waals surface area contributed by atoms with E-state index >= 15 is 0 Å². The van der Waals surface area contributed by atoms with Crippen LogP contribution in [0.25, 0.3) is 22.5 Å². The first-order chi connectivity index (χ1) is 25.5. The number of nitrogens with one attached hydrogen (secondary N) is 5. The van der Waals surface area contributed by atoms with Crippen LogP contribution in [0.3, 0.4) is 0 Å². The molecular weight excluding hydrogens is 685 g/mol. The molecule has 1 unspecified atom stereocenters. The average Bonchev–Trinajstić information content (AvgIpc) is 3.67. The Labute approximate surface area is 306 Å². The van der Waals surface area contributed by atoms with Crippen LogP contribution in [0.1, 0.15) is 65.8 Å². The number of aromatic nitrogens is 3. The Morgan fingerprint density at radius 1 is 0.906 bits per heavy atom. The molecular formula is C39H45F3N8O3. The molecule has 2 heterocycles. The van der Waals surface area contributed by atoms with E-state index in [1.807, 2.05) is 54.5 Å². The topological polar surface area (TPSA) is 167 Å². The highest BCUT2D eigenvalue weighted by Crippen LogP contribution is 2.30. The third-order valence-electron chi connectivity index (χ3n) is 10.2. The number of hydrogen-bond donors (Lipinski definition) is 6. The van der Waals surface area contributed by atoms with Crippen molar-refractivity contribution < 1.29 is 27.6 Å². The molecule has 0 radical (unpaired) electrons. The summed E-state index contributed by atoms with van der Waals surface area (Å²) in [7, 11) is 0. The van der Waals surface area contributed by atoms with E-state index in [1.54, 1.807) is 12.1 Å². The fourth-order valence-corrected chi connectivity index (χ4v) is 7.03. The highest BCUT2D eigenvalue weighted by Gasteiger charge is 2.35. The predicted octanol–water partition coefficient (Wildman–Crippen LogP) is 5.38. The van der Waals surface area contributed by atoms with Gasteiger partial charge in [-0.3, -0.25) is 19.5 Å². The van der Waals surface area contributed by atoms with Gasteiger partial charge in [-0.1, -0.05) is 30.3 Å². The molecule has 0 bridgehead atoms. The van der Waals surface area contributed by atoms with Crippen LogP contribution in [-0.2, 0) is 22.2 Å². The van der Waals surface area contributed by atoms with Gasteiger partial charge >= 0.3 is 6.18 Å². The number of alkyl halides is 3. The second kappa shape index (κ2) is 16.7. The summed E-state index contributed by atoms with van der Waals surface area (Å²) in [6.07, 6.45) is 0.508. The maximum atomic E-state index is 13.7. The standard InChI is InChI=1S/C39H45F3N8O3/c1-23-20-29(36(52)45-31-16-18-44-19-17-31)12-15-32(23)26-6-2-24(3-7-26)21-33(47-35(51)28-8-4-25(22-43)5-9-28)37(53)46-30-13-10-27(11-14-30)34-48-38(50-49-34)39(40,41)42/h2-3,6-7,10-15,20,25,28,31,33,44H,4-5,8-9,16-19,21-22,43H2,1H3,(H,45,52)(H,46,53)(H,47,51)(H,48,49,50). The van der Waals surface area contributed by atoms with E-state index in [1.165, 1.54) is 12.1 Å². The first-order valence-corrected chi connectivity index (χ1v) is 18.1. The lowest BCUT2D eigenvalue weighted by molar-refractivity contribution is -0.144. The van der Waals surface area contributed by atoms with Gasteiger partial charge < -0.3 is 27.0 Å². The van der Waals surface area contributed by atoms with E-state index in [2.05, 4.69) is 31.3 Å². The number of benzene rings is 3. The quantitative estimate of drug-likeness (QED) is 0.121. The number of halogens is 3. The van der Waals surface area contributed by atoms with Crippen LogP contribution in [0.15, 0.2) is 66.7 Å². The molecule has 1 aromatic heterocycles. The molecule has 1 saturated carbocycles. The van der Waals surface area contributed by atoms with E-state index in [0.29, 0.717) is 42.1 Å². The molecule has 3 aromatic carbocycles. The normalized spacial score (nSPS) is 18.6. The number of aromatic amines is 1. The highest BCUT2D eigenvalue weighted by atomic mass is 19.4. The zero-order chi connectivity index (χ0) is 37.5. The monoisotopic (exact) mass is 730 g/mol. The SMILES string of the molecule is Cc1cc(C(=O)NC2CCNCC2)ccc1-c1ccc(CC(NC(=O)C2CCC(CN)CC2)C(=O)Nc2ccc(-c3n[nH]c(C(F)(F)F)n3)cc2)cc1. The molecule has 6 rings (SSSR count). The summed E-state index contributed by atoms with van der Waals surface area (Å²) in [6.45, 7) is 4.35. The molecule has 2 fully saturated rings. The van der Waals surface area contributed by atoms with Gasteiger partial charge in [-0.05, 0) is 130 Å². The Hall–Kier alpha value is -5.08. The van der Waals surface area contributed by atoms with Crippen molar-refractivity contribution in [2.75, 3.05) is 25.0 Å². The number of anilines is 1. The van der Waals surface area contributed by atoms with Gasteiger partial charge in [-0.25, -0.2) is 4.98 Å². The van der Waals surface area contributed by atoms with Crippen LogP contribution < -0.4 is 27.0 Å². The summed E-state index contributed by atoms with van der Waals surface area (Å²) in [5.41, 5.74) is 10.9. The fourth-order valence-electron chi connectivity index (χ4n) is 7.03. The molecule has 3 amide bonds. The smallest absolute Gasteiger partial charge is 0.349 e. The number of carbonyl (C=O) groups excluding carboxylic acids is 3. The third kappa shape index (κ3) is 9.68. The van der Waals surface area contributed by atoms with Gasteiger partial charge in [0.25, 0.3) is 5.91 Å². The molecule has 14 heteroatoms. The number of aryl methyl sites for hydroxylation is 1. The number of rotatable bonds is 11. The number of carbonyl (C=O) groups is 3. The maximum Gasteiger partial charge on any atom is 0.451 e. The van der Waals surface area contributed by atoms with E-state index in [0.717, 1.165) is 61.0 Å². The third-order valence-corrected chi connectivity index (χ3v) is 10.2. The van der Waals surface area contributed by atoms with Crippen LogP contribution >= 0.6 is 0 Å². The minimum absolute atomic E-state index is 0.0779. The zero-order valence-corrected chi connectivity index (χ0v) is 29.6. The number of H-pyrrole nitrogens is 1. The lowest BCUT2D eigenvalue weighted by atomic mass is 9.81. The van der Waals surface area contributed by atoms with E-state index in [9.17, 15) is 27.6 Å². The van der Waals surface area contributed by atoms with Gasteiger partial charge in [0.2, 0.25) is 17.6 Å². The largest absolute Gasteiger partial charge is 0.451 e. The number of nitrogens with zero attached hydrogens (tertiary/aromatic N) is 2. The van der Waals surface area contributed by atoms with E-state index in [4.69, 9.17) is 5.73 Å². The molecule has 1 saturated heterocycles. The van der Waals surface area contributed by atoms with Crippen molar-refractivity contribution in [1.82, 2.24) is 31.1 Å². The molecule has 11 nitrogen and oxygen atoms in total. The maximum absolute atomic E-state index is 13.7. The molecule has 1 aliphatic carbocycles. The summed E-state index contributed by atoms with van der Waals surface area (Å²) in [5.74, 6) is -1.84. The van der Waals surface area contributed by atoms with Crippen LogP contribution in [-0.4, -0.2) is 64.6 Å². The number of hydrogen-bond acceptors (Lipinski definition) is 7. The molecule has 280 valence electrons. The van der Waals surface area contributed by atoms with Gasteiger partial charge in [-0.15, -0.1) is 0 Å². The zero-order valence-electron chi connectivity index (χ0n) is 29.6. The summed E-state index contributed by atoms with van der Waals surface area (Å²) in [6, 6.07) is 18.8. The molecule has 53 heavy (non-hydrogen) atoms. The minimum Gasteiger partial charge on any atom is -0.349 e. The average molecular weight is 731 g/mol. The van der Waals surface area contributed by atoms with E-state index in [-0.39, 0.29) is 36.0 Å². The first kappa shape index (κ1) is 37.7. The first-order valence-electron chi connectivity index (χ1n) is 18.1. The van der Waals surface area contributed by atoms with Crippen molar-refractivity contribution in [2.24, 2.45) is 17.6 Å². The Bertz CT molecular complexity index is 1880. The van der Waals surface area contributed by atoms with Crippen molar-refractivity contribution >= 4 is 23.4 Å². The Kier molecular flexibility index (Phi) is 11.9. The minimum atomic E-state index is -4.65. The Morgan fingerprint density at radius 3 is 2.21 bits per heavy atom. The second-order valence-corrected chi connectivity index (χ2v) is 14.0. The van der Waals surface area contributed by atoms with Gasteiger partial charge in [0.15, 0.2) is 5.82 Å². The van der Waals surface area contributed by atoms with Crippen LogP contribution in [0.2, 0.25) is 0 Å². The van der Waals surface area contributed by atoms with Crippen LogP contribution in [0.4, 0.5) is 18.9 Å². The molecule has 0 spiro atoms. The molecule has 4 aromatic rings. The van der Waals surface area contributed by atoms with Gasteiger partial charge in [-0.2, -0.15) is 18.3 Å². The van der Waals surface area contributed by atoms with Crippen LogP contribution in [0, 0.1) is 18.8 Å². The van der Waals surface area contributed by atoms with Crippen molar-refractivity contribution in [3.63, 3.8) is 0 Å². The van der Waals surface area contributed by atoms with Crippen molar-refractivity contribution in [3.8, 4) is 22.5 Å². The predicted molar refractivity (Wildman–Crippen MR) is 196 cm³/mol. The van der Waals surface area contributed by atoms with Crippen molar-refractivity contribution in [2.45, 2.75) is 70.1 Å². The summed E-state index contributed by atoms with van der Waals surface area (Å²) in [4.78, 5) is 43.6. The van der Waals surface area contributed by atoms with Gasteiger partial charge in [0.05, 0.1) is 0 Å². The molecule has 1 aliphatic heterocycles. The summed E-state index contributed by atoms with van der Waals surface area (Å²) in [5, 5.41) is 17.8. The van der Waals surface area contributed by atoms with Gasteiger partial charge in [0, 0.05) is 35.2 Å². The van der Waals surface area contributed by atoms with Crippen molar-refractivity contribution in [1.29, 1.82) is 0 Å². The van der Waals surface area contributed by atoms with Crippen molar-refractivity contribution in [3.05, 3.63) is 89.2 Å². The number of piperidine rings is 1. The summed E-state index contributed by atoms with van der Waals surface area (Å²) < 4.78 is 38.9. The summed E-state index contributed by atoms with van der Waals surface area (Å²) >= 11 is 0. The molecule has 2 aliphatic rings. The Balaban J connectivity index is 1.14. The lowest BCUT2D eigenvalue weighted by Crippen LogP contribution is -2.48. The highest BCUT2D eigenvalue weighted by molar-refractivity contribution is 5.98. The molecule has 7 N–H and O–H groups in total. The van der Waals surface area contributed by atoms with E-state index < -0.39 is 23.9 Å².